The summed E-state index contributed by atoms with van der Waals surface area (Å²) in [6, 6.07) is 24.8. The molecule has 2 nitrogen and oxygen atoms in total. The maximum absolute atomic E-state index is 9.50. The van der Waals surface area contributed by atoms with Crippen molar-refractivity contribution in [3.05, 3.63) is 84.4 Å². The van der Waals surface area contributed by atoms with E-state index in [1.807, 2.05) is 67.6 Å². The van der Waals surface area contributed by atoms with Crippen LogP contribution in [0.25, 0.3) is 21.5 Å². The summed E-state index contributed by atoms with van der Waals surface area (Å²) >= 11 is 0. The number of benzene rings is 4. The Bertz CT molecular complexity index is 917. The van der Waals surface area contributed by atoms with Crippen LogP contribution in [0, 0.1) is 6.92 Å². The summed E-state index contributed by atoms with van der Waals surface area (Å²) < 4.78 is 0. The minimum Gasteiger partial charge on any atom is -0.508 e. The molecule has 0 aliphatic rings. The molecule has 4 aromatic carbocycles. The molecule has 0 fully saturated rings. The van der Waals surface area contributed by atoms with Gasteiger partial charge in [0.2, 0.25) is 0 Å². The van der Waals surface area contributed by atoms with Gasteiger partial charge in [0.05, 0.1) is 0 Å². The van der Waals surface area contributed by atoms with Crippen molar-refractivity contribution in [2.45, 2.75) is 6.92 Å². The van der Waals surface area contributed by atoms with Gasteiger partial charge in [0.1, 0.15) is 11.5 Å². The fourth-order valence-corrected chi connectivity index (χ4v) is 2.61. The predicted octanol–water partition coefficient (Wildman–Crippen LogP) is 5.40. The Morgan fingerprint density at radius 3 is 2.00 bits per heavy atom. The molecule has 2 heteroatoms. The summed E-state index contributed by atoms with van der Waals surface area (Å²) in [5, 5.41) is 22.9. The first-order chi connectivity index (χ1) is 11.1. The Labute approximate surface area is 135 Å². The molecule has 4 rings (SSSR count). The van der Waals surface area contributed by atoms with E-state index < -0.39 is 0 Å². The third-order valence-electron chi connectivity index (χ3n) is 3.85. The third kappa shape index (κ3) is 3.27. The third-order valence-corrected chi connectivity index (χ3v) is 3.85. The lowest BCUT2D eigenvalue weighted by Crippen LogP contribution is -1.77. The predicted molar refractivity (Wildman–Crippen MR) is 96.0 cm³/mol. The second-order valence-corrected chi connectivity index (χ2v) is 5.48. The molecule has 0 heterocycles. The van der Waals surface area contributed by atoms with Crippen LogP contribution in [0.1, 0.15) is 5.56 Å². The largest absolute Gasteiger partial charge is 0.508 e. The highest BCUT2D eigenvalue weighted by molar-refractivity contribution is 5.90. The van der Waals surface area contributed by atoms with Crippen LogP contribution in [0.15, 0.2) is 78.9 Å². The molecule has 0 spiro atoms. The highest BCUT2D eigenvalue weighted by Gasteiger charge is 1.99. The molecular formula is C21H18O2. The Balaban J connectivity index is 0.000000136. The van der Waals surface area contributed by atoms with E-state index in [0.717, 1.165) is 21.5 Å². The molecule has 0 aromatic heterocycles. The van der Waals surface area contributed by atoms with Crippen LogP contribution in [-0.2, 0) is 0 Å². The van der Waals surface area contributed by atoms with Crippen LogP contribution in [0.5, 0.6) is 11.5 Å². The summed E-state index contributed by atoms with van der Waals surface area (Å²) in [7, 11) is 0. The van der Waals surface area contributed by atoms with Crippen LogP contribution in [-0.4, -0.2) is 10.2 Å². The fraction of sp³-hybridized carbons (Fsp3) is 0.0476. The SMILES string of the molecule is Cc1ccc(O)c2ccccc12.Oc1ccc2ccccc2c1. The molecule has 0 amide bonds. The van der Waals surface area contributed by atoms with Gasteiger partial charge in [-0.3, -0.25) is 0 Å². The van der Waals surface area contributed by atoms with Crippen molar-refractivity contribution in [3.8, 4) is 11.5 Å². The number of hydrogen-bond donors (Lipinski definition) is 2. The summed E-state index contributed by atoms with van der Waals surface area (Å²) in [5.41, 5.74) is 1.20. The number of rotatable bonds is 0. The summed E-state index contributed by atoms with van der Waals surface area (Å²) in [6.45, 7) is 2.04. The molecule has 0 unspecified atom stereocenters. The first kappa shape index (κ1) is 14.9. The zero-order valence-electron chi connectivity index (χ0n) is 12.9. The first-order valence-corrected chi connectivity index (χ1v) is 7.50. The summed E-state index contributed by atoms with van der Waals surface area (Å²) in [4.78, 5) is 0. The van der Waals surface area contributed by atoms with Gasteiger partial charge in [-0.15, -0.1) is 0 Å². The van der Waals surface area contributed by atoms with Gasteiger partial charge in [0, 0.05) is 5.39 Å². The molecule has 2 N–H and O–H groups in total. The minimum absolute atomic E-state index is 0.323. The van der Waals surface area contributed by atoms with Crippen molar-refractivity contribution in [3.63, 3.8) is 0 Å². The number of phenolic OH excluding ortho intramolecular Hbond substituents is 2. The first-order valence-electron chi connectivity index (χ1n) is 7.50. The summed E-state index contributed by atoms with van der Waals surface area (Å²) in [5.74, 6) is 0.680. The lowest BCUT2D eigenvalue weighted by molar-refractivity contribution is 0.476. The normalized spacial score (nSPS) is 10.3. The van der Waals surface area contributed by atoms with Gasteiger partial charge in [0.15, 0.2) is 0 Å². The molecule has 0 atom stereocenters. The maximum Gasteiger partial charge on any atom is 0.123 e. The molecule has 23 heavy (non-hydrogen) atoms. The van der Waals surface area contributed by atoms with E-state index in [1.54, 1.807) is 18.2 Å². The smallest absolute Gasteiger partial charge is 0.123 e. The van der Waals surface area contributed by atoms with E-state index in [-0.39, 0.29) is 0 Å². The molecule has 0 bridgehead atoms. The molecule has 0 radical (unpaired) electrons. The maximum atomic E-state index is 9.50. The average Bonchev–Trinajstić information content (AvgIpc) is 2.59. The quantitative estimate of drug-likeness (QED) is 0.456. The highest BCUT2D eigenvalue weighted by atomic mass is 16.3. The van der Waals surface area contributed by atoms with Gasteiger partial charge in [-0.25, -0.2) is 0 Å². The number of aromatic hydroxyl groups is 2. The molecule has 4 aromatic rings. The Kier molecular flexibility index (Phi) is 4.15. The lowest BCUT2D eigenvalue weighted by atomic mass is 10.1. The average molecular weight is 302 g/mol. The Morgan fingerprint density at radius 2 is 1.26 bits per heavy atom. The van der Waals surface area contributed by atoms with E-state index >= 15 is 0 Å². The minimum atomic E-state index is 0.323. The van der Waals surface area contributed by atoms with Crippen molar-refractivity contribution in [2.24, 2.45) is 0 Å². The number of hydrogen-bond acceptors (Lipinski definition) is 2. The number of phenols is 2. The van der Waals surface area contributed by atoms with E-state index in [2.05, 4.69) is 0 Å². The summed E-state index contributed by atoms with van der Waals surface area (Å²) in [6.07, 6.45) is 0. The lowest BCUT2D eigenvalue weighted by Gasteiger charge is -2.02. The highest BCUT2D eigenvalue weighted by Crippen LogP contribution is 2.26. The van der Waals surface area contributed by atoms with Crippen LogP contribution in [0.4, 0.5) is 0 Å². The van der Waals surface area contributed by atoms with Crippen molar-refractivity contribution in [1.29, 1.82) is 0 Å². The molecular weight excluding hydrogens is 284 g/mol. The van der Waals surface area contributed by atoms with Gasteiger partial charge in [-0.2, -0.15) is 0 Å². The standard InChI is InChI=1S/C11H10O.C10H8O/c1-8-6-7-11(12)10-5-3-2-4-9(8)10;11-10-6-5-8-3-1-2-4-9(8)7-10/h2-7,12H,1H3;1-7,11H. The van der Waals surface area contributed by atoms with Crippen LogP contribution >= 0.6 is 0 Å². The molecule has 0 aliphatic carbocycles. The molecule has 114 valence electrons. The van der Waals surface area contributed by atoms with Gasteiger partial charge in [0.25, 0.3) is 0 Å². The van der Waals surface area contributed by atoms with Crippen molar-refractivity contribution >= 4 is 21.5 Å². The Morgan fingerprint density at radius 1 is 0.609 bits per heavy atom. The van der Waals surface area contributed by atoms with Crippen LogP contribution < -0.4 is 0 Å². The zero-order chi connectivity index (χ0) is 16.2. The second kappa shape index (κ2) is 6.41. The van der Waals surface area contributed by atoms with Gasteiger partial charge in [-0.1, -0.05) is 60.7 Å². The zero-order valence-corrected chi connectivity index (χ0v) is 12.9. The van der Waals surface area contributed by atoms with Crippen molar-refractivity contribution in [2.75, 3.05) is 0 Å². The van der Waals surface area contributed by atoms with E-state index in [1.165, 1.54) is 5.56 Å². The molecule has 0 aliphatic heterocycles. The Hall–Kier alpha value is -3.00. The van der Waals surface area contributed by atoms with Crippen molar-refractivity contribution < 1.29 is 10.2 Å². The van der Waals surface area contributed by atoms with Crippen LogP contribution in [0.3, 0.4) is 0 Å². The topological polar surface area (TPSA) is 40.5 Å². The van der Waals surface area contributed by atoms with Gasteiger partial charge in [-0.05, 0) is 46.8 Å². The van der Waals surface area contributed by atoms with E-state index in [0.29, 0.717) is 11.5 Å². The monoisotopic (exact) mass is 302 g/mol. The van der Waals surface area contributed by atoms with Crippen LogP contribution in [0.2, 0.25) is 0 Å². The second-order valence-electron chi connectivity index (χ2n) is 5.48. The number of fused-ring (bicyclic) bond motifs is 2. The number of aryl methyl sites for hydroxylation is 1. The fourth-order valence-electron chi connectivity index (χ4n) is 2.61. The van der Waals surface area contributed by atoms with Crippen molar-refractivity contribution in [1.82, 2.24) is 0 Å². The van der Waals surface area contributed by atoms with Gasteiger partial charge < -0.3 is 10.2 Å². The van der Waals surface area contributed by atoms with E-state index in [9.17, 15) is 5.11 Å². The molecule has 0 saturated heterocycles. The van der Waals surface area contributed by atoms with E-state index in [4.69, 9.17) is 5.11 Å². The van der Waals surface area contributed by atoms with Gasteiger partial charge >= 0.3 is 0 Å². The molecule has 0 saturated carbocycles.